The number of thiophene rings is 1. The Morgan fingerprint density at radius 2 is 1.96 bits per heavy atom. The number of anilines is 1. The third-order valence-electron chi connectivity index (χ3n) is 4.08. The molecule has 0 saturated heterocycles. The van der Waals surface area contributed by atoms with Crippen molar-refractivity contribution in [2.75, 3.05) is 11.9 Å². The van der Waals surface area contributed by atoms with Gasteiger partial charge in [0, 0.05) is 16.1 Å². The minimum Gasteiger partial charge on any atom is -0.451 e. The first-order chi connectivity index (χ1) is 12.0. The minimum atomic E-state index is -0.466. The first-order valence-electron chi connectivity index (χ1n) is 8.22. The predicted molar refractivity (Wildman–Crippen MR) is 96.3 cm³/mol. The number of hydrogen-bond donors (Lipinski definition) is 1. The maximum Gasteiger partial charge on any atom is 0.348 e. The summed E-state index contributed by atoms with van der Waals surface area (Å²) >= 11 is 1.46. The summed E-state index contributed by atoms with van der Waals surface area (Å²) in [5.74, 6) is -0.980. The Bertz CT molecular complexity index is 801. The van der Waals surface area contributed by atoms with Crippen molar-refractivity contribution in [2.45, 2.75) is 32.6 Å². The molecule has 0 saturated carbocycles. The molecule has 6 heteroatoms. The molecule has 1 aliphatic rings. The minimum absolute atomic E-state index is 0.0795. The van der Waals surface area contributed by atoms with Crippen LogP contribution in [0.4, 0.5) is 5.69 Å². The van der Waals surface area contributed by atoms with Gasteiger partial charge in [-0.25, -0.2) is 4.79 Å². The second kappa shape index (κ2) is 7.61. The molecule has 1 heterocycles. The van der Waals surface area contributed by atoms with Gasteiger partial charge in [0.2, 0.25) is 0 Å². The lowest BCUT2D eigenvalue weighted by molar-refractivity contribution is -0.119. The maximum absolute atomic E-state index is 12.1. The molecule has 25 heavy (non-hydrogen) atoms. The first-order valence-corrected chi connectivity index (χ1v) is 9.04. The van der Waals surface area contributed by atoms with Gasteiger partial charge in [-0.05, 0) is 56.4 Å². The Hall–Kier alpha value is -2.47. The Balaban J connectivity index is 1.55. The molecule has 0 atom stereocenters. The molecule has 0 aliphatic heterocycles. The summed E-state index contributed by atoms with van der Waals surface area (Å²) in [6, 6.07) is 8.52. The van der Waals surface area contributed by atoms with E-state index in [1.807, 2.05) is 6.07 Å². The average Bonchev–Trinajstić information content (AvgIpc) is 3.04. The van der Waals surface area contributed by atoms with Crippen molar-refractivity contribution in [1.29, 1.82) is 0 Å². The van der Waals surface area contributed by atoms with Crippen LogP contribution in [0, 0.1) is 0 Å². The van der Waals surface area contributed by atoms with Gasteiger partial charge < -0.3 is 10.1 Å². The highest BCUT2D eigenvalue weighted by Gasteiger charge is 2.19. The number of amides is 1. The van der Waals surface area contributed by atoms with Crippen LogP contribution < -0.4 is 5.32 Å². The van der Waals surface area contributed by atoms with E-state index in [2.05, 4.69) is 5.32 Å². The van der Waals surface area contributed by atoms with Crippen molar-refractivity contribution in [3.63, 3.8) is 0 Å². The fraction of sp³-hybridized carbons (Fsp3) is 0.316. The van der Waals surface area contributed by atoms with E-state index < -0.39 is 11.9 Å². The number of Topliss-reactive ketones (excluding diaryl/α,β-unsaturated/α-hetero) is 1. The quantitative estimate of drug-likeness (QED) is 0.655. The molecule has 1 N–H and O–H groups in total. The van der Waals surface area contributed by atoms with Crippen LogP contribution in [-0.2, 0) is 22.4 Å². The average molecular weight is 357 g/mol. The summed E-state index contributed by atoms with van der Waals surface area (Å²) in [4.78, 5) is 37.2. The van der Waals surface area contributed by atoms with Gasteiger partial charge in [0.15, 0.2) is 12.4 Å². The van der Waals surface area contributed by atoms with Crippen LogP contribution in [0.2, 0.25) is 0 Å². The SMILES string of the molecule is CC(=O)c1cccc(NC(=O)COC(=O)c2cc3c(s2)CCCC3)c1. The number of fused-ring (bicyclic) bond motifs is 1. The number of ether oxygens (including phenoxy) is 1. The summed E-state index contributed by atoms with van der Waals surface area (Å²) in [6.07, 6.45) is 4.33. The van der Waals surface area contributed by atoms with Crippen LogP contribution in [-0.4, -0.2) is 24.3 Å². The highest BCUT2D eigenvalue weighted by molar-refractivity contribution is 7.14. The number of carbonyl (C=O) groups is 3. The van der Waals surface area contributed by atoms with E-state index in [0.717, 1.165) is 25.7 Å². The fourth-order valence-corrected chi connectivity index (χ4v) is 3.95. The van der Waals surface area contributed by atoms with Gasteiger partial charge in [-0.15, -0.1) is 11.3 Å². The molecule has 0 bridgehead atoms. The lowest BCUT2D eigenvalue weighted by Crippen LogP contribution is -2.20. The maximum atomic E-state index is 12.1. The van der Waals surface area contributed by atoms with Gasteiger partial charge in [0.05, 0.1) is 0 Å². The lowest BCUT2D eigenvalue weighted by Gasteiger charge is -2.08. The number of hydrogen-bond acceptors (Lipinski definition) is 5. The molecule has 3 rings (SSSR count). The van der Waals surface area contributed by atoms with E-state index in [1.54, 1.807) is 24.3 Å². The van der Waals surface area contributed by atoms with Crippen LogP contribution in [0.1, 0.15) is 50.2 Å². The fourth-order valence-electron chi connectivity index (χ4n) is 2.81. The van der Waals surface area contributed by atoms with E-state index in [4.69, 9.17) is 4.74 Å². The van der Waals surface area contributed by atoms with Crippen molar-refractivity contribution in [1.82, 2.24) is 0 Å². The van der Waals surface area contributed by atoms with Gasteiger partial charge in [-0.2, -0.15) is 0 Å². The highest BCUT2D eigenvalue weighted by Crippen LogP contribution is 2.30. The number of esters is 1. The summed E-state index contributed by atoms with van der Waals surface area (Å²) in [5, 5.41) is 2.63. The molecule has 0 spiro atoms. The number of carbonyl (C=O) groups excluding carboxylic acids is 3. The van der Waals surface area contributed by atoms with Gasteiger partial charge in [0.25, 0.3) is 5.91 Å². The topological polar surface area (TPSA) is 72.5 Å². The molecule has 0 radical (unpaired) electrons. The smallest absolute Gasteiger partial charge is 0.348 e. The van der Waals surface area contributed by atoms with Crippen LogP contribution in [0.15, 0.2) is 30.3 Å². The zero-order valence-electron chi connectivity index (χ0n) is 14.0. The molecule has 5 nitrogen and oxygen atoms in total. The van der Waals surface area contributed by atoms with E-state index in [9.17, 15) is 14.4 Å². The normalized spacial score (nSPS) is 13.0. The predicted octanol–water partition coefficient (Wildman–Crippen LogP) is 3.63. The molecule has 1 aromatic carbocycles. The summed E-state index contributed by atoms with van der Waals surface area (Å²) < 4.78 is 5.11. The zero-order chi connectivity index (χ0) is 17.8. The van der Waals surface area contributed by atoms with Gasteiger partial charge in [0.1, 0.15) is 4.88 Å². The molecular weight excluding hydrogens is 338 g/mol. The molecular formula is C19H19NO4S. The van der Waals surface area contributed by atoms with Crippen molar-refractivity contribution in [3.8, 4) is 0 Å². The van der Waals surface area contributed by atoms with Gasteiger partial charge in [-0.3, -0.25) is 9.59 Å². The number of aryl methyl sites for hydroxylation is 2. The Labute approximate surface area is 150 Å². The molecule has 1 aromatic heterocycles. The lowest BCUT2D eigenvalue weighted by atomic mass is 9.99. The van der Waals surface area contributed by atoms with Crippen molar-refractivity contribution in [3.05, 3.63) is 51.2 Å². The number of nitrogens with one attached hydrogen (secondary N) is 1. The van der Waals surface area contributed by atoms with Crippen LogP contribution in [0.5, 0.6) is 0 Å². The molecule has 2 aromatic rings. The number of rotatable bonds is 5. The van der Waals surface area contributed by atoms with Crippen LogP contribution in [0.3, 0.4) is 0 Å². The monoisotopic (exact) mass is 357 g/mol. The molecule has 1 amide bonds. The summed E-state index contributed by atoms with van der Waals surface area (Å²) in [6.45, 7) is 1.11. The zero-order valence-corrected chi connectivity index (χ0v) is 14.8. The van der Waals surface area contributed by atoms with Crippen LogP contribution in [0.25, 0.3) is 0 Å². The standard InChI is InChI=1S/C19H19NO4S/c1-12(21)13-6-4-7-15(9-13)20-18(22)11-24-19(23)17-10-14-5-2-3-8-16(14)25-17/h4,6-7,9-10H,2-3,5,8,11H2,1H3,(H,20,22). The molecule has 0 unspecified atom stereocenters. The summed E-state index contributed by atoms with van der Waals surface area (Å²) in [7, 11) is 0. The van der Waals surface area contributed by atoms with E-state index in [-0.39, 0.29) is 12.4 Å². The third-order valence-corrected chi connectivity index (χ3v) is 5.30. The Kier molecular flexibility index (Phi) is 5.28. The molecule has 130 valence electrons. The molecule has 0 fully saturated rings. The molecule has 1 aliphatic carbocycles. The third kappa shape index (κ3) is 4.33. The second-order valence-corrected chi connectivity index (χ2v) is 7.16. The highest BCUT2D eigenvalue weighted by atomic mass is 32.1. The second-order valence-electron chi connectivity index (χ2n) is 6.03. The summed E-state index contributed by atoms with van der Waals surface area (Å²) in [5.41, 5.74) is 2.24. The first kappa shape index (κ1) is 17.4. The number of benzene rings is 1. The van der Waals surface area contributed by atoms with Gasteiger partial charge in [-0.1, -0.05) is 12.1 Å². The Morgan fingerprint density at radius 1 is 1.16 bits per heavy atom. The van der Waals surface area contributed by atoms with Crippen molar-refractivity contribution < 1.29 is 19.1 Å². The van der Waals surface area contributed by atoms with E-state index in [1.165, 1.54) is 28.7 Å². The van der Waals surface area contributed by atoms with E-state index in [0.29, 0.717) is 16.1 Å². The Morgan fingerprint density at radius 3 is 2.72 bits per heavy atom. The number of ketones is 1. The van der Waals surface area contributed by atoms with E-state index >= 15 is 0 Å². The largest absolute Gasteiger partial charge is 0.451 e. The van der Waals surface area contributed by atoms with Crippen LogP contribution >= 0.6 is 11.3 Å². The van der Waals surface area contributed by atoms with Gasteiger partial charge >= 0.3 is 5.97 Å². The van der Waals surface area contributed by atoms with Crippen molar-refractivity contribution in [2.24, 2.45) is 0 Å². The van der Waals surface area contributed by atoms with Crippen molar-refractivity contribution >= 4 is 34.7 Å².